The number of nitrogens with zero attached hydrogens (tertiary/aromatic N) is 2. The molecule has 3 aliphatic rings. The summed E-state index contributed by atoms with van der Waals surface area (Å²) in [6.45, 7) is 8.97. The molecule has 232 valence electrons. The molecule has 13 heteroatoms. The molecule has 2 saturated carbocycles. The quantitative estimate of drug-likeness (QED) is 0.371. The van der Waals surface area contributed by atoms with E-state index in [1.807, 2.05) is 22.9 Å². The first-order chi connectivity index (χ1) is 20.2. The highest BCUT2D eigenvalue weighted by Gasteiger charge is 2.61. The Morgan fingerprint density at radius 2 is 1.93 bits per heavy atom. The zero-order valence-corrected chi connectivity index (χ0v) is 25.5. The van der Waals surface area contributed by atoms with Gasteiger partial charge in [-0.15, -0.1) is 6.58 Å². The SMILES string of the molecule is C=C[C@@H]1C[C@]1(CC(=O)[C@@H]1CC(Oc2nccc3cc(OC)ccc23)CN1C(=O)OC(C)(C)C)C(=O)NS(=O)(=O)OC1CC1. The lowest BCUT2D eigenvalue weighted by Crippen LogP contribution is -2.46. The van der Waals surface area contributed by atoms with Gasteiger partial charge < -0.3 is 14.2 Å². The average molecular weight is 616 g/mol. The Kier molecular flexibility index (Phi) is 8.16. The second-order valence-electron chi connectivity index (χ2n) is 12.4. The average Bonchev–Trinajstić information content (AvgIpc) is 3.83. The van der Waals surface area contributed by atoms with E-state index in [9.17, 15) is 22.8 Å². The van der Waals surface area contributed by atoms with Crippen molar-refractivity contribution < 1.29 is 41.2 Å². The van der Waals surface area contributed by atoms with E-state index in [0.717, 1.165) is 10.8 Å². The molecular weight excluding hydrogens is 578 g/mol. The van der Waals surface area contributed by atoms with Crippen LogP contribution in [0.5, 0.6) is 11.6 Å². The Morgan fingerprint density at radius 1 is 1.19 bits per heavy atom. The van der Waals surface area contributed by atoms with Gasteiger partial charge in [-0.05, 0) is 75.6 Å². The van der Waals surface area contributed by atoms with Crippen LogP contribution >= 0.6 is 0 Å². The van der Waals surface area contributed by atoms with E-state index in [0.29, 0.717) is 24.5 Å². The van der Waals surface area contributed by atoms with Crippen molar-refractivity contribution >= 4 is 38.9 Å². The van der Waals surface area contributed by atoms with E-state index in [1.165, 1.54) is 11.0 Å². The standard InChI is InChI=1S/C30H37N3O9S/c1-6-19-15-30(19,27(35)32-43(37,38)42-20-7-8-20)16-25(34)24-14-22(17-33(24)28(36)41-29(2,3)4)40-26-23-10-9-21(39-5)13-18(23)11-12-31-26/h6,9-13,19-20,22,24H,1,7-8,14-17H2,2-5H3,(H,32,35)/t19-,22?,24+,30-/m1/s1. The summed E-state index contributed by atoms with van der Waals surface area (Å²) in [4.78, 5) is 46.0. The summed E-state index contributed by atoms with van der Waals surface area (Å²) in [7, 11) is -2.74. The predicted octanol–water partition coefficient (Wildman–Crippen LogP) is 3.69. The monoisotopic (exact) mass is 615 g/mol. The molecule has 3 fully saturated rings. The van der Waals surface area contributed by atoms with Crippen molar-refractivity contribution in [2.24, 2.45) is 11.3 Å². The highest BCUT2D eigenvalue weighted by atomic mass is 32.2. The number of amides is 2. The number of ketones is 1. The highest BCUT2D eigenvalue weighted by molar-refractivity contribution is 7.85. The van der Waals surface area contributed by atoms with Crippen molar-refractivity contribution in [2.75, 3.05) is 13.7 Å². The van der Waals surface area contributed by atoms with Crippen LogP contribution in [-0.2, 0) is 28.8 Å². The van der Waals surface area contributed by atoms with Crippen molar-refractivity contribution in [3.8, 4) is 11.6 Å². The minimum absolute atomic E-state index is 0.0488. The molecule has 2 aliphatic carbocycles. The molecule has 4 atom stereocenters. The second-order valence-corrected chi connectivity index (χ2v) is 13.7. The molecule has 1 aliphatic heterocycles. The molecule has 2 amide bonds. The number of likely N-dealkylation sites (tertiary alicyclic amines) is 1. The zero-order valence-electron chi connectivity index (χ0n) is 24.7. The number of pyridine rings is 1. The number of aromatic nitrogens is 1. The molecule has 5 rings (SSSR count). The molecule has 1 unspecified atom stereocenters. The number of ether oxygens (including phenoxy) is 3. The fourth-order valence-electron chi connectivity index (χ4n) is 5.42. The van der Waals surface area contributed by atoms with Gasteiger partial charge in [0.2, 0.25) is 11.8 Å². The summed E-state index contributed by atoms with van der Waals surface area (Å²) < 4.78 is 48.8. The minimum atomic E-state index is -4.32. The van der Waals surface area contributed by atoms with Gasteiger partial charge in [0.05, 0.1) is 31.2 Å². The fraction of sp³-hybridized carbons (Fsp3) is 0.533. The van der Waals surface area contributed by atoms with Crippen LogP contribution in [0.2, 0.25) is 0 Å². The van der Waals surface area contributed by atoms with Gasteiger partial charge in [-0.25, -0.2) is 14.5 Å². The third-order valence-corrected chi connectivity index (χ3v) is 8.80. The zero-order chi connectivity index (χ0) is 31.2. The lowest BCUT2D eigenvalue weighted by Gasteiger charge is -2.28. The fourth-order valence-corrected chi connectivity index (χ4v) is 6.45. The van der Waals surface area contributed by atoms with Gasteiger partial charge in [-0.3, -0.25) is 18.7 Å². The molecule has 43 heavy (non-hydrogen) atoms. The number of carbonyl (C=O) groups is 3. The predicted molar refractivity (Wildman–Crippen MR) is 156 cm³/mol. The van der Waals surface area contributed by atoms with Gasteiger partial charge in [0.15, 0.2) is 5.78 Å². The first-order valence-electron chi connectivity index (χ1n) is 14.2. The lowest BCUT2D eigenvalue weighted by molar-refractivity contribution is -0.132. The normalized spacial score (nSPS) is 25.2. The number of carbonyl (C=O) groups excluding carboxylic acids is 3. The Bertz CT molecular complexity index is 1550. The second kappa shape index (κ2) is 11.4. The highest BCUT2D eigenvalue weighted by Crippen LogP contribution is 2.57. The first kappa shape index (κ1) is 30.7. The van der Waals surface area contributed by atoms with E-state index in [1.54, 1.807) is 40.1 Å². The maximum Gasteiger partial charge on any atom is 0.411 e. The molecule has 0 radical (unpaired) electrons. The first-order valence-corrected chi connectivity index (χ1v) is 15.6. The van der Waals surface area contributed by atoms with Crippen LogP contribution in [-0.4, -0.2) is 73.6 Å². The number of rotatable bonds is 11. The number of nitrogens with one attached hydrogen (secondary N) is 1. The van der Waals surface area contributed by atoms with Crippen molar-refractivity contribution in [1.29, 1.82) is 0 Å². The van der Waals surface area contributed by atoms with Crippen LogP contribution in [0.25, 0.3) is 10.8 Å². The van der Waals surface area contributed by atoms with Gasteiger partial charge >= 0.3 is 16.4 Å². The van der Waals surface area contributed by atoms with E-state index >= 15 is 0 Å². The number of methoxy groups -OCH3 is 1. The summed E-state index contributed by atoms with van der Waals surface area (Å²) in [5.74, 6) is -0.625. The topological polar surface area (TPSA) is 150 Å². The van der Waals surface area contributed by atoms with Crippen molar-refractivity contribution in [3.63, 3.8) is 0 Å². The smallest absolute Gasteiger partial charge is 0.411 e. The van der Waals surface area contributed by atoms with E-state index in [-0.39, 0.29) is 25.8 Å². The molecule has 2 aromatic rings. The van der Waals surface area contributed by atoms with Crippen LogP contribution in [0.4, 0.5) is 4.79 Å². The van der Waals surface area contributed by atoms with Gasteiger partial charge in [0.25, 0.3) is 0 Å². The van der Waals surface area contributed by atoms with Gasteiger partial charge in [0.1, 0.15) is 17.5 Å². The third-order valence-electron chi connectivity index (χ3n) is 7.84. The van der Waals surface area contributed by atoms with Crippen molar-refractivity contribution in [1.82, 2.24) is 14.6 Å². The summed E-state index contributed by atoms with van der Waals surface area (Å²) in [6, 6.07) is 6.32. The van der Waals surface area contributed by atoms with E-state index in [4.69, 9.17) is 18.4 Å². The maximum absolute atomic E-state index is 13.9. The number of allylic oxidation sites excluding steroid dienone is 1. The number of hydrogen-bond acceptors (Lipinski definition) is 10. The van der Waals surface area contributed by atoms with Crippen LogP contribution in [0.3, 0.4) is 0 Å². The van der Waals surface area contributed by atoms with Crippen molar-refractivity contribution in [2.45, 2.75) is 76.7 Å². The Labute approximate surface area is 251 Å². The summed E-state index contributed by atoms with van der Waals surface area (Å²) >= 11 is 0. The molecule has 1 N–H and O–H groups in total. The van der Waals surface area contributed by atoms with Gasteiger partial charge in [-0.2, -0.15) is 8.42 Å². The van der Waals surface area contributed by atoms with Gasteiger partial charge in [-0.1, -0.05) is 6.08 Å². The summed E-state index contributed by atoms with van der Waals surface area (Å²) in [5, 5.41) is 1.58. The molecule has 0 spiro atoms. The van der Waals surface area contributed by atoms with Gasteiger partial charge in [0, 0.05) is 24.4 Å². The molecule has 1 aromatic heterocycles. The van der Waals surface area contributed by atoms with Crippen LogP contribution in [0, 0.1) is 11.3 Å². The Morgan fingerprint density at radius 3 is 2.56 bits per heavy atom. The van der Waals surface area contributed by atoms with Crippen molar-refractivity contribution in [3.05, 3.63) is 43.1 Å². The Balaban J connectivity index is 1.36. The lowest BCUT2D eigenvalue weighted by atomic mass is 9.91. The number of benzene rings is 1. The number of hydrogen-bond donors (Lipinski definition) is 1. The van der Waals surface area contributed by atoms with Crippen LogP contribution in [0.1, 0.15) is 52.9 Å². The number of Topliss-reactive ketones (excluding diaryl/α,β-unsaturated/α-hetero) is 1. The maximum atomic E-state index is 13.9. The molecule has 12 nitrogen and oxygen atoms in total. The minimum Gasteiger partial charge on any atom is -0.497 e. The summed E-state index contributed by atoms with van der Waals surface area (Å²) in [5.41, 5.74) is -2.13. The molecule has 0 bridgehead atoms. The molecule has 2 heterocycles. The van der Waals surface area contributed by atoms with E-state index < -0.39 is 63.3 Å². The van der Waals surface area contributed by atoms with Crippen LogP contribution in [0.15, 0.2) is 43.1 Å². The summed E-state index contributed by atoms with van der Waals surface area (Å²) in [6.07, 6.45) is 2.69. The molecule has 1 aromatic carbocycles. The number of fused-ring (bicyclic) bond motifs is 1. The van der Waals surface area contributed by atoms with Crippen LogP contribution < -0.4 is 14.2 Å². The largest absolute Gasteiger partial charge is 0.497 e. The molecular formula is C30H37N3O9S. The molecule has 1 saturated heterocycles. The Hall–Kier alpha value is -3.71. The third kappa shape index (κ3) is 6.93. The van der Waals surface area contributed by atoms with E-state index in [2.05, 4.69) is 11.6 Å².